The van der Waals surface area contributed by atoms with Gasteiger partial charge >= 0.3 is 0 Å². The second kappa shape index (κ2) is 5.99. The molecule has 1 rings (SSSR count). The lowest BCUT2D eigenvalue weighted by Gasteiger charge is -2.38. The zero-order valence-electron chi connectivity index (χ0n) is 11.0. The van der Waals surface area contributed by atoms with E-state index in [9.17, 15) is 13.2 Å². The van der Waals surface area contributed by atoms with Gasteiger partial charge < -0.3 is 10.6 Å². The van der Waals surface area contributed by atoms with Gasteiger partial charge in [-0.15, -0.1) is 0 Å². The number of hydrogen-bond donors (Lipinski definition) is 3. The van der Waals surface area contributed by atoms with Crippen molar-refractivity contribution >= 4 is 15.9 Å². The van der Waals surface area contributed by atoms with Crippen LogP contribution in [0.1, 0.15) is 33.1 Å². The number of carbonyl (C=O) groups is 1. The molecule has 0 aromatic carbocycles. The lowest BCUT2D eigenvalue weighted by molar-refractivity contribution is -0.126. The molecule has 0 aliphatic carbocycles. The largest absolute Gasteiger partial charge is 0.355 e. The predicted molar refractivity (Wildman–Crippen MR) is 70.4 cm³/mol. The van der Waals surface area contributed by atoms with E-state index in [0.29, 0.717) is 13.0 Å². The fourth-order valence-electron chi connectivity index (χ4n) is 2.25. The number of amides is 1. The van der Waals surface area contributed by atoms with Gasteiger partial charge in [-0.3, -0.25) is 4.79 Å². The highest BCUT2D eigenvalue weighted by molar-refractivity contribution is 7.89. The number of primary sulfonamides is 1. The van der Waals surface area contributed by atoms with E-state index in [1.54, 1.807) is 0 Å². The van der Waals surface area contributed by atoms with Gasteiger partial charge in [0.2, 0.25) is 15.9 Å². The molecule has 1 aliphatic heterocycles. The Morgan fingerprint density at radius 1 is 1.50 bits per heavy atom. The maximum atomic E-state index is 12.0. The van der Waals surface area contributed by atoms with Gasteiger partial charge in [0.15, 0.2) is 0 Å². The highest BCUT2D eigenvalue weighted by Crippen LogP contribution is 2.29. The van der Waals surface area contributed by atoms with Crippen LogP contribution >= 0.6 is 0 Å². The Bertz CT molecular complexity index is 392. The molecule has 7 heteroatoms. The third kappa shape index (κ3) is 4.91. The number of hydrogen-bond acceptors (Lipinski definition) is 4. The zero-order chi connectivity index (χ0) is 13.8. The second-order valence-electron chi connectivity index (χ2n) is 5.49. The van der Waals surface area contributed by atoms with Gasteiger partial charge in [-0.05, 0) is 31.2 Å². The van der Waals surface area contributed by atoms with Crippen molar-refractivity contribution in [3.63, 3.8) is 0 Å². The van der Waals surface area contributed by atoms with Crippen LogP contribution in [0.25, 0.3) is 0 Å². The molecular formula is C11H23N3O3S. The van der Waals surface area contributed by atoms with Crippen molar-refractivity contribution in [1.29, 1.82) is 0 Å². The quantitative estimate of drug-likeness (QED) is 0.593. The molecule has 0 aromatic rings. The summed E-state index contributed by atoms with van der Waals surface area (Å²) >= 11 is 0. The molecule has 0 bridgehead atoms. The van der Waals surface area contributed by atoms with Crippen molar-refractivity contribution in [3.05, 3.63) is 0 Å². The van der Waals surface area contributed by atoms with Gasteiger partial charge in [0, 0.05) is 6.54 Å². The Morgan fingerprint density at radius 3 is 2.72 bits per heavy atom. The van der Waals surface area contributed by atoms with Crippen molar-refractivity contribution in [3.8, 4) is 0 Å². The van der Waals surface area contributed by atoms with Gasteiger partial charge in [-0.1, -0.05) is 13.8 Å². The highest BCUT2D eigenvalue weighted by atomic mass is 32.2. The lowest BCUT2D eigenvalue weighted by Crippen LogP contribution is -2.55. The molecule has 4 N–H and O–H groups in total. The van der Waals surface area contributed by atoms with Gasteiger partial charge in [-0.2, -0.15) is 0 Å². The molecule has 6 nitrogen and oxygen atoms in total. The summed E-state index contributed by atoms with van der Waals surface area (Å²) in [4.78, 5) is 12.0. The van der Waals surface area contributed by atoms with E-state index in [-0.39, 0.29) is 23.1 Å². The molecular weight excluding hydrogens is 254 g/mol. The number of rotatable bonds is 5. The fraction of sp³-hybridized carbons (Fsp3) is 0.909. The smallest absolute Gasteiger partial charge is 0.237 e. The van der Waals surface area contributed by atoms with Crippen molar-refractivity contribution in [2.45, 2.75) is 39.2 Å². The maximum Gasteiger partial charge on any atom is 0.237 e. The van der Waals surface area contributed by atoms with Crippen molar-refractivity contribution in [2.75, 3.05) is 18.8 Å². The molecule has 0 spiro atoms. The summed E-state index contributed by atoms with van der Waals surface area (Å²) in [6.45, 7) is 5.31. The molecule has 0 radical (unpaired) electrons. The average Bonchev–Trinajstić information content (AvgIpc) is 2.22. The van der Waals surface area contributed by atoms with Crippen LogP contribution in [-0.4, -0.2) is 39.2 Å². The van der Waals surface area contributed by atoms with Crippen LogP contribution in [0.5, 0.6) is 0 Å². The molecule has 1 heterocycles. The molecule has 18 heavy (non-hydrogen) atoms. The van der Waals surface area contributed by atoms with Crippen LogP contribution in [-0.2, 0) is 14.8 Å². The molecule has 1 saturated heterocycles. The van der Waals surface area contributed by atoms with Crippen molar-refractivity contribution in [2.24, 2.45) is 10.6 Å². The summed E-state index contributed by atoms with van der Waals surface area (Å²) in [6, 6.07) is -0.208. The molecule has 0 saturated carbocycles. The van der Waals surface area contributed by atoms with Gasteiger partial charge in [0.05, 0.1) is 11.8 Å². The van der Waals surface area contributed by atoms with E-state index in [1.165, 1.54) is 0 Å². The highest BCUT2D eigenvalue weighted by Gasteiger charge is 2.36. The zero-order valence-corrected chi connectivity index (χ0v) is 11.8. The van der Waals surface area contributed by atoms with Crippen LogP contribution in [0.3, 0.4) is 0 Å². The van der Waals surface area contributed by atoms with E-state index >= 15 is 0 Å². The third-order valence-electron chi connectivity index (χ3n) is 3.29. The normalized spacial score (nSPS) is 23.6. The van der Waals surface area contributed by atoms with Gasteiger partial charge in [-0.25, -0.2) is 13.6 Å². The minimum Gasteiger partial charge on any atom is -0.355 e. The molecule has 1 fully saturated rings. The lowest BCUT2D eigenvalue weighted by atomic mass is 9.77. The van der Waals surface area contributed by atoms with Crippen molar-refractivity contribution in [1.82, 2.24) is 10.6 Å². The van der Waals surface area contributed by atoms with Crippen LogP contribution in [0.4, 0.5) is 0 Å². The number of carbonyl (C=O) groups excluding carboxylic acids is 1. The monoisotopic (exact) mass is 277 g/mol. The number of piperidine rings is 1. The first-order chi connectivity index (χ1) is 8.22. The minimum atomic E-state index is -3.44. The number of nitrogens with one attached hydrogen (secondary N) is 2. The van der Waals surface area contributed by atoms with Gasteiger partial charge in [0.25, 0.3) is 0 Å². The first-order valence-corrected chi connectivity index (χ1v) is 7.95. The Labute approximate surface area is 109 Å². The van der Waals surface area contributed by atoms with E-state index in [1.807, 2.05) is 0 Å². The molecule has 1 amide bonds. The predicted octanol–water partition coefficient (Wildman–Crippen LogP) is -0.441. The molecule has 1 unspecified atom stereocenters. The second-order valence-corrected chi connectivity index (χ2v) is 7.22. The van der Waals surface area contributed by atoms with Gasteiger partial charge in [0.1, 0.15) is 0 Å². The average molecular weight is 277 g/mol. The Hall–Kier alpha value is -0.660. The first kappa shape index (κ1) is 15.4. The molecule has 0 aromatic heterocycles. The fourth-order valence-corrected chi connectivity index (χ4v) is 2.79. The van der Waals surface area contributed by atoms with Crippen LogP contribution in [0.15, 0.2) is 0 Å². The SMILES string of the molecule is CC1(C)CCCNC1C(=O)NCCCS(N)(=O)=O. The van der Waals surface area contributed by atoms with Crippen molar-refractivity contribution < 1.29 is 13.2 Å². The summed E-state index contributed by atoms with van der Waals surface area (Å²) in [5.74, 6) is -0.163. The summed E-state index contributed by atoms with van der Waals surface area (Å²) < 4.78 is 21.5. The molecule has 1 atom stereocenters. The summed E-state index contributed by atoms with van der Waals surface area (Å²) in [7, 11) is -3.44. The first-order valence-electron chi connectivity index (χ1n) is 6.24. The third-order valence-corrected chi connectivity index (χ3v) is 4.15. The molecule has 1 aliphatic rings. The van der Waals surface area contributed by atoms with Crippen LogP contribution < -0.4 is 15.8 Å². The minimum absolute atomic E-state index is 0.0610. The van der Waals surface area contributed by atoms with E-state index in [0.717, 1.165) is 19.4 Å². The Morgan fingerprint density at radius 2 is 2.17 bits per heavy atom. The maximum absolute atomic E-state index is 12.0. The topological polar surface area (TPSA) is 101 Å². The summed E-state index contributed by atoms with van der Waals surface area (Å²) in [5.41, 5.74) is -0.0672. The standard InChI is InChI=1S/C11H23N3O3S/c1-11(2)5-3-6-13-9(11)10(15)14-7-4-8-18(12,16)17/h9,13H,3-8H2,1-2H3,(H,14,15)(H2,12,16,17). The number of sulfonamides is 1. The van der Waals surface area contributed by atoms with E-state index in [4.69, 9.17) is 5.14 Å². The summed E-state index contributed by atoms with van der Waals surface area (Å²) in [6.07, 6.45) is 2.43. The van der Waals surface area contributed by atoms with E-state index < -0.39 is 10.0 Å². The van der Waals surface area contributed by atoms with Crippen LogP contribution in [0, 0.1) is 5.41 Å². The Balaban J connectivity index is 2.36. The van der Waals surface area contributed by atoms with Crippen LogP contribution in [0.2, 0.25) is 0 Å². The molecule has 106 valence electrons. The van der Waals surface area contributed by atoms with E-state index in [2.05, 4.69) is 24.5 Å². The summed E-state index contributed by atoms with van der Waals surface area (Å²) in [5, 5.41) is 10.9. The number of nitrogens with two attached hydrogens (primary N) is 1. The Kier molecular flexibility index (Phi) is 5.12.